The van der Waals surface area contributed by atoms with E-state index in [1.165, 1.54) is 24.3 Å². The van der Waals surface area contributed by atoms with Crippen molar-refractivity contribution in [1.82, 2.24) is 15.2 Å². The maximum absolute atomic E-state index is 14.0. The Morgan fingerprint density at radius 2 is 1.95 bits per heavy atom. The van der Waals surface area contributed by atoms with Crippen LogP contribution in [-0.4, -0.2) is 32.4 Å². The molecule has 3 heterocycles. The average Bonchev–Trinajstić information content (AvgIpc) is 3.54. The van der Waals surface area contributed by atoms with E-state index in [9.17, 15) is 19.3 Å². The molecule has 0 unspecified atom stereocenters. The first-order chi connectivity index (χ1) is 18.4. The van der Waals surface area contributed by atoms with Gasteiger partial charge in [0, 0.05) is 36.9 Å². The number of nitrogens with zero attached hydrogens (tertiary/aromatic N) is 3. The van der Waals surface area contributed by atoms with Gasteiger partial charge in [-0.05, 0) is 48.6 Å². The zero-order valence-corrected chi connectivity index (χ0v) is 20.7. The maximum atomic E-state index is 14.0. The number of nitro groups is 1. The first kappa shape index (κ1) is 25.0. The van der Waals surface area contributed by atoms with Crippen molar-refractivity contribution >= 4 is 34.6 Å². The SMILES string of the molecule is O=C(CCN1C(=S)N[C@H](c2ccccn2)[C@@H]1c1ccc(-c2cccc([N+](=O)[O-])c2)o1)Nc1ccccc1F. The molecule has 0 saturated carbocycles. The van der Waals surface area contributed by atoms with E-state index in [1.54, 1.807) is 42.6 Å². The number of halogens is 1. The summed E-state index contributed by atoms with van der Waals surface area (Å²) in [6.07, 6.45) is 1.72. The third-order valence-corrected chi connectivity index (χ3v) is 6.54. The van der Waals surface area contributed by atoms with Gasteiger partial charge in [-0.15, -0.1) is 0 Å². The summed E-state index contributed by atoms with van der Waals surface area (Å²) in [7, 11) is 0. The number of carbonyl (C=O) groups is 1. The molecule has 2 atom stereocenters. The number of hydrogen-bond acceptors (Lipinski definition) is 6. The quantitative estimate of drug-likeness (QED) is 0.177. The predicted octanol–water partition coefficient (Wildman–Crippen LogP) is 5.39. The topological polar surface area (TPSA) is 114 Å². The molecule has 2 aromatic heterocycles. The fourth-order valence-corrected chi connectivity index (χ4v) is 4.72. The maximum Gasteiger partial charge on any atom is 0.270 e. The lowest BCUT2D eigenvalue weighted by Crippen LogP contribution is -2.32. The van der Waals surface area contributed by atoms with Gasteiger partial charge < -0.3 is 20.0 Å². The molecule has 11 heteroatoms. The zero-order valence-electron chi connectivity index (χ0n) is 19.9. The van der Waals surface area contributed by atoms with Gasteiger partial charge in [0.1, 0.15) is 23.4 Å². The largest absolute Gasteiger partial charge is 0.459 e. The van der Waals surface area contributed by atoms with Crippen molar-refractivity contribution in [3.8, 4) is 11.3 Å². The highest BCUT2D eigenvalue weighted by Gasteiger charge is 2.41. The minimum atomic E-state index is -0.517. The van der Waals surface area contributed by atoms with Crippen LogP contribution in [0.4, 0.5) is 15.8 Å². The molecular formula is C27H22FN5O4S. The standard InChI is InChI=1S/C27H22FN5O4S/c28-19-8-1-2-9-20(19)30-24(34)13-15-32-26(25(31-27(32)38)21-10-3-4-14-29-21)23-12-11-22(37-23)17-6-5-7-18(16-17)33(35)36/h1-12,14,16,25-26H,13,15H2,(H,30,34)(H,31,38)/t25-,26+/m1/s1. The lowest BCUT2D eigenvalue weighted by Gasteiger charge is -2.25. The molecule has 0 aliphatic carbocycles. The first-order valence-electron chi connectivity index (χ1n) is 11.8. The third-order valence-electron chi connectivity index (χ3n) is 6.19. The van der Waals surface area contributed by atoms with Crippen LogP contribution in [0.25, 0.3) is 11.3 Å². The molecule has 0 radical (unpaired) electrons. The van der Waals surface area contributed by atoms with Crippen LogP contribution in [0.5, 0.6) is 0 Å². The number of nitrogens with one attached hydrogen (secondary N) is 2. The summed E-state index contributed by atoms with van der Waals surface area (Å²) < 4.78 is 20.2. The summed E-state index contributed by atoms with van der Waals surface area (Å²) in [6.45, 7) is 0.229. The molecule has 38 heavy (non-hydrogen) atoms. The van der Waals surface area contributed by atoms with Gasteiger partial charge in [0.25, 0.3) is 5.69 Å². The number of pyridine rings is 1. The molecule has 5 rings (SSSR count). The number of rotatable bonds is 8. The summed E-state index contributed by atoms with van der Waals surface area (Å²) in [4.78, 5) is 29.7. The van der Waals surface area contributed by atoms with Crippen molar-refractivity contribution in [2.75, 3.05) is 11.9 Å². The summed E-state index contributed by atoms with van der Waals surface area (Å²) in [5, 5.41) is 17.5. The molecular weight excluding hydrogens is 509 g/mol. The number of nitro benzene ring substituents is 1. The van der Waals surface area contributed by atoms with Gasteiger partial charge in [0.05, 0.1) is 22.3 Å². The van der Waals surface area contributed by atoms with Crippen molar-refractivity contribution in [2.45, 2.75) is 18.5 Å². The molecule has 192 valence electrons. The van der Waals surface area contributed by atoms with Crippen LogP contribution < -0.4 is 10.6 Å². The second kappa shape index (κ2) is 10.8. The molecule has 1 saturated heterocycles. The Morgan fingerprint density at radius 3 is 2.71 bits per heavy atom. The van der Waals surface area contributed by atoms with E-state index in [-0.39, 0.29) is 36.3 Å². The van der Waals surface area contributed by atoms with Gasteiger partial charge in [-0.3, -0.25) is 19.9 Å². The number of furan rings is 1. The fourth-order valence-electron chi connectivity index (χ4n) is 4.39. The Hall–Kier alpha value is -4.64. The van der Waals surface area contributed by atoms with Crippen LogP contribution in [0.2, 0.25) is 0 Å². The van der Waals surface area contributed by atoms with Gasteiger partial charge in [-0.2, -0.15) is 0 Å². The number of hydrogen-bond donors (Lipinski definition) is 2. The number of aromatic nitrogens is 1. The Bertz CT molecular complexity index is 1500. The van der Waals surface area contributed by atoms with Gasteiger partial charge in [-0.1, -0.05) is 30.3 Å². The first-order valence-corrected chi connectivity index (χ1v) is 12.2. The number of amides is 1. The smallest absolute Gasteiger partial charge is 0.270 e. The summed E-state index contributed by atoms with van der Waals surface area (Å²) >= 11 is 5.62. The van der Waals surface area contributed by atoms with Gasteiger partial charge in [0.2, 0.25) is 5.91 Å². The summed E-state index contributed by atoms with van der Waals surface area (Å²) in [5.74, 6) is 0.119. The third kappa shape index (κ3) is 5.23. The van der Waals surface area contributed by atoms with Crippen LogP contribution in [0, 0.1) is 15.9 Å². The number of para-hydroxylation sites is 1. The zero-order chi connectivity index (χ0) is 26.6. The molecule has 1 fully saturated rings. The minimum Gasteiger partial charge on any atom is -0.459 e. The number of anilines is 1. The Labute approximate surface area is 222 Å². The Balaban J connectivity index is 1.41. The lowest BCUT2D eigenvalue weighted by molar-refractivity contribution is -0.384. The number of benzene rings is 2. The molecule has 0 bridgehead atoms. The molecule has 1 amide bonds. The van der Waals surface area contributed by atoms with Gasteiger partial charge in [0.15, 0.2) is 5.11 Å². The van der Waals surface area contributed by atoms with E-state index in [4.69, 9.17) is 16.6 Å². The second-order valence-corrected chi connectivity index (χ2v) is 8.99. The van der Waals surface area contributed by atoms with Crippen LogP contribution in [0.1, 0.15) is 30.0 Å². The average molecular weight is 532 g/mol. The van der Waals surface area contributed by atoms with Crippen molar-refractivity contribution in [3.63, 3.8) is 0 Å². The van der Waals surface area contributed by atoms with Crippen LogP contribution >= 0.6 is 12.2 Å². The number of non-ortho nitro benzene ring substituents is 1. The van der Waals surface area contributed by atoms with E-state index in [1.807, 2.05) is 23.1 Å². The van der Waals surface area contributed by atoms with Crippen molar-refractivity contribution in [1.29, 1.82) is 0 Å². The van der Waals surface area contributed by atoms with Crippen molar-refractivity contribution in [3.05, 3.63) is 112 Å². The van der Waals surface area contributed by atoms with Crippen LogP contribution in [-0.2, 0) is 4.79 Å². The molecule has 4 aromatic rings. The van der Waals surface area contributed by atoms with Crippen LogP contribution in [0.15, 0.2) is 89.5 Å². The molecule has 1 aliphatic rings. The van der Waals surface area contributed by atoms with Crippen molar-refractivity contribution < 1.29 is 18.5 Å². The highest BCUT2D eigenvalue weighted by atomic mass is 32.1. The molecule has 2 aromatic carbocycles. The Kier molecular flexibility index (Phi) is 7.09. The van der Waals surface area contributed by atoms with Crippen LogP contribution in [0.3, 0.4) is 0 Å². The minimum absolute atomic E-state index is 0.0417. The number of thiocarbonyl (C=S) groups is 1. The van der Waals surface area contributed by atoms with Gasteiger partial charge >= 0.3 is 0 Å². The Morgan fingerprint density at radius 1 is 1.13 bits per heavy atom. The fraction of sp³-hybridized carbons (Fsp3) is 0.148. The highest BCUT2D eigenvalue weighted by molar-refractivity contribution is 7.80. The lowest BCUT2D eigenvalue weighted by atomic mass is 10.0. The molecule has 9 nitrogen and oxygen atoms in total. The van der Waals surface area contributed by atoms with E-state index in [0.29, 0.717) is 22.2 Å². The molecule has 1 aliphatic heterocycles. The van der Waals surface area contributed by atoms with E-state index in [2.05, 4.69) is 15.6 Å². The monoisotopic (exact) mass is 531 g/mol. The highest BCUT2D eigenvalue weighted by Crippen LogP contribution is 2.40. The summed E-state index contributed by atoms with van der Waals surface area (Å²) in [5.41, 5.74) is 1.35. The molecule has 2 N–H and O–H groups in total. The molecule has 0 spiro atoms. The van der Waals surface area contributed by atoms with Gasteiger partial charge in [-0.25, -0.2) is 4.39 Å². The predicted molar refractivity (Wildman–Crippen MR) is 143 cm³/mol. The number of carbonyl (C=O) groups excluding carboxylic acids is 1. The van der Waals surface area contributed by atoms with Crippen molar-refractivity contribution in [2.24, 2.45) is 0 Å². The second-order valence-electron chi connectivity index (χ2n) is 8.61. The van der Waals surface area contributed by atoms with E-state index in [0.717, 1.165) is 5.69 Å². The summed E-state index contributed by atoms with van der Waals surface area (Å²) in [6, 6.07) is 20.4. The normalized spacial score (nSPS) is 16.8. The van der Waals surface area contributed by atoms with E-state index >= 15 is 0 Å². The van der Waals surface area contributed by atoms with E-state index < -0.39 is 16.8 Å².